The molecule has 0 atom stereocenters. The first kappa shape index (κ1) is 12.5. The lowest BCUT2D eigenvalue weighted by Gasteiger charge is -2.25. The predicted octanol–water partition coefficient (Wildman–Crippen LogP) is 0.849. The van der Waals surface area contributed by atoms with Crippen LogP contribution in [0.4, 0.5) is 0 Å². The van der Waals surface area contributed by atoms with Gasteiger partial charge in [0.15, 0.2) is 0 Å². The maximum absolute atomic E-state index is 12.0. The first-order chi connectivity index (χ1) is 8.52. The molecular weight excluding hydrogens is 232 g/mol. The van der Waals surface area contributed by atoms with Gasteiger partial charge in [0.2, 0.25) is 0 Å². The number of nitrogens with one attached hydrogen (secondary N) is 2. The lowest BCUT2D eigenvalue weighted by Crippen LogP contribution is -2.44. The average Bonchev–Trinajstić information content (AvgIpc) is 2.74. The minimum absolute atomic E-state index is 0.0373. The molecule has 6 nitrogen and oxygen atoms in total. The molecule has 0 aliphatic heterocycles. The summed E-state index contributed by atoms with van der Waals surface area (Å²) in [7, 11) is 0. The van der Waals surface area contributed by atoms with Gasteiger partial charge in [0, 0.05) is 17.7 Å². The Morgan fingerprint density at radius 2 is 2.11 bits per heavy atom. The lowest BCUT2D eigenvalue weighted by atomic mass is 10.0. The van der Waals surface area contributed by atoms with Gasteiger partial charge in [-0.1, -0.05) is 0 Å². The maximum Gasteiger partial charge on any atom is 0.251 e. The number of aliphatic hydroxyl groups excluding tert-OH is 1. The molecule has 0 radical (unpaired) electrons. The van der Waals surface area contributed by atoms with E-state index in [1.54, 1.807) is 18.2 Å². The highest BCUT2D eigenvalue weighted by molar-refractivity contribution is 5.97. The first-order valence-corrected chi connectivity index (χ1v) is 5.76. The number of aromatic amines is 1. The molecule has 3 N–H and O–H groups in total. The molecule has 0 aliphatic rings. The van der Waals surface area contributed by atoms with Crippen molar-refractivity contribution in [3.05, 3.63) is 23.8 Å². The molecule has 96 valence electrons. The summed E-state index contributed by atoms with van der Waals surface area (Å²) in [5.74, 6) is -0.182. The number of benzene rings is 1. The molecule has 1 aromatic carbocycles. The molecule has 1 amide bonds. The van der Waals surface area contributed by atoms with Crippen LogP contribution in [0.25, 0.3) is 11.0 Å². The molecule has 2 aromatic rings. The third-order valence-corrected chi connectivity index (χ3v) is 2.77. The van der Waals surface area contributed by atoms with Crippen molar-refractivity contribution in [2.75, 3.05) is 6.61 Å². The zero-order valence-electron chi connectivity index (χ0n) is 10.4. The van der Waals surface area contributed by atoms with Gasteiger partial charge >= 0.3 is 0 Å². The van der Waals surface area contributed by atoms with Crippen LogP contribution in [-0.4, -0.2) is 38.6 Å². The van der Waals surface area contributed by atoms with E-state index in [0.29, 0.717) is 17.5 Å². The van der Waals surface area contributed by atoms with Crippen LogP contribution in [0.5, 0.6) is 0 Å². The summed E-state index contributed by atoms with van der Waals surface area (Å²) >= 11 is 0. The number of hydrogen-bond donors (Lipinski definition) is 3. The number of hydrogen-bond acceptors (Lipinski definition) is 4. The van der Waals surface area contributed by atoms with Crippen LogP contribution in [0.3, 0.4) is 0 Å². The van der Waals surface area contributed by atoms with Crippen LogP contribution in [0.1, 0.15) is 30.6 Å². The van der Waals surface area contributed by atoms with E-state index in [2.05, 4.69) is 20.7 Å². The number of amides is 1. The lowest BCUT2D eigenvalue weighted by molar-refractivity contribution is 0.0899. The summed E-state index contributed by atoms with van der Waals surface area (Å²) in [6.45, 7) is 3.78. The highest BCUT2D eigenvalue weighted by Crippen LogP contribution is 2.13. The Labute approximate surface area is 104 Å². The van der Waals surface area contributed by atoms with E-state index in [-0.39, 0.29) is 12.5 Å². The molecule has 0 bridgehead atoms. The largest absolute Gasteiger partial charge is 0.396 e. The Morgan fingerprint density at radius 3 is 2.83 bits per heavy atom. The number of fused-ring (bicyclic) bond motifs is 1. The van der Waals surface area contributed by atoms with Crippen LogP contribution in [0.15, 0.2) is 18.2 Å². The van der Waals surface area contributed by atoms with Crippen molar-refractivity contribution in [2.24, 2.45) is 0 Å². The third kappa shape index (κ3) is 2.65. The van der Waals surface area contributed by atoms with Gasteiger partial charge in [-0.3, -0.25) is 4.79 Å². The molecule has 0 saturated carbocycles. The number of nitrogens with zero attached hydrogens (tertiary/aromatic N) is 2. The summed E-state index contributed by atoms with van der Waals surface area (Å²) < 4.78 is 0. The molecule has 0 unspecified atom stereocenters. The van der Waals surface area contributed by atoms with Gasteiger partial charge in [0.1, 0.15) is 11.0 Å². The summed E-state index contributed by atoms with van der Waals surface area (Å²) in [6.07, 6.45) is 0.505. The fourth-order valence-corrected chi connectivity index (χ4v) is 1.70. The topological polar surface area (TPSA) is 90.9 Å². The van der Waals surface area contributed by atoms with Crippen LogP contribution >= 0.6 is 0 Å². The normalized spacial score (nSPS) is 11.7. The van der Waals surface area contributed by atoms with Crippen LogP contribution in [0, 0.1) is 0 Å². The summed E-state index contributed by atoms with van der Waals surface area (Å²) in [5.41, 5.74) is 1.47. The quantitative estimate of drug-likeness (QED) is 0.748. The second kappa shape index (κ2) is 4.73. The number of aromatic nitrogens is 3. The summed E-state index contributed by atoms with van der Waals surface area (Å²) in [5, 5.41) is 22.2. The number of carbonyl (C=O) groups excluding carboxylic acids is 1. The Balaban J connectivity index is 2.17. The SMILES string of the molecule is CC(C)(CCO)NC(=O)c1ccc2n[nH]nc2c1. The van der Waals surface area contributed by atoms with Gasteiger partial charge in [0.05, 0.1) is 0 Å². The molecular formula is C12H16N4O2. The van der Waals surface area contributed by atoms with Crippen molar-refractivity contribution in [1.29, 1.82) is 0 Å². The van der Waals surface area contributed by atoms with Gasteiger partial charge in [0.25, 0.3) is 5.91 Å². The van der Waals surface area contributed by atoms with Gasteiger partial charge in [-0.15, -0.1) is 0 Å². The highest BCUT2D eigenvalue weighted by Gasteiger charge is 2.20. The van der Waals surface area contributed by atoms with Crippen LogP contribution in [0.2, 0.25) is 0 Å². The molecule has 2 rings (SSSR count). The molecule has 18 heavy (non-hydrogen) atoms. The van der Waals surface area contributed by atoms with E-state index in [1.807, 2.05) is 13.8 Å². The molecule has 1 heterocycles. The van der Waals surface area contributed by atoms with Crippen molar-refractivity contribution < 1.29 is 9.90 Å². The average molecular weight is 248 g/mol. The maximum atomic E-state index is 12.0. The molecule has 0 saturated heterocycles. The fourth-order valence-electron chi connectivity index (χ4n) is 1.70. The molecule has 1 aromatic heterocycles. The van der Waals surface area contributed by atoms with E-state index in [1.165, 1.54) is 0 Å². The summed E-state index contributed by atoms with van der Waals surface area (Å²) in [4.78, 5) is 12.0. The highest BCUT2D eigenvalue weighted by atomic mass is 16.3. The Bertz CT molecular complexity index is 562. The van der Waals surface area contributed by atoms with Crippen LogP contribution in [-0.2, 0) is 0 Å². The van der Waals surface area contributed by atoms with E-state index in [4.69, 9.17) is 5.11 Å². The first-order valence-electron chi connectivity index (χ1n) is 5.76. The fraction of sp³-hybridized carbons (Fsp3) is 0.417. The molecule has 6 heteroatoms. The number of carbonyl (C=O) groups is 1. The van der Waals surface area contributed by atoms with Crippen molar-refractivity contribution in [2.45, 2.75) is 25.8 Å². The minimum atomic E-state index is -0.440. The Kier molecular flexibility index (Phi) is 3.29. The number of H-pyrrole nitrogens is 1. The van der Waals surface area contributed by atoms with Crippen molar-refractivity contribution in [3.8, 4) is 0 Å². The van der Waals surface area contributed by atoms with E-state index < -0.39 is 5.54 Å². The van der Waals surface area contributed by atoms with Gasteiger partial charge in [-0.05, 0) is 38.5 Å². The monoisotopic (exact) mass is 248 g/mol. The number of rotatable bonds is 4. The molecule has 0 aliphatic carbocycles. The second-order valence-corrected chi connectivity index (χ2v) is 4.84. The zero-order valence-corrected chi connectivity index (χ0v) is 10.4. The third-order valence-electron chi connectivity index (χ3n) is 2.77. The van der Waals surface area contributed by atoms with E-state index in [0.717, 1.165) is 5.52 Å². The second-order valence-electron chi connectivity index (χ2n) is 4.84. The van der Waals surface area contributed by atoms with Crippen molar-refractivity contribution in [3.63, 3.8) is 0 Å². The van der Waals surface area contributed by atoms with Crippen molar-refractivity contribution in [1.82, 2.24) is 20.7 Å². The summed E-state index contributed by atoms with van der Waals surface area (Å²) in [6, 6.07) is 5.13. The van der Waals surface area contributed by atoms with E-state index >= 15 is 0 Å². The number of aliphatic hydroxyl groups is 1. The van der Waals surface area contributed by atoms with Gasteiger partial charge < -0.3 is 10.4 Å². The predicted molar refractivity (Wildman–Crippen MR) is 67.1 cm³/mol. The van der Waals surface area contributed by atoms with Gasteiger partial charge in [-0.25, -0.2) is 0 Å². The Hall–Kier alpha value is -1.95. The molecule has 0 fully saturated rings. The minimum Gasteiger partial charge on any atom is -0.396 e. The smallest absolute Gasteiger partial charge is 0.251 e. The molecule has 0 spiro atoms. The van der Waals surface area contributed by atoms with Crippen molar-refractivity contribution >= 4 is 16.9 Å². The van der Waals surface area contributed by atoms with E-state index in [9.17, 15) is 4.79 Å². The standard InChI is InChI=1S/C12H16N4O2/c1-12(2,5-6-17)13-11(18)8-3-4-9-10(7-8)15-16-14-9/h3-4,7,17H,5-6H2,1-2H3,(H,13,18)(H,14,15,16). The van der Waals surface area contributed by atoms with Crippen LogP contribution < -0.4 is 5.32 Å². The Morgan fingerprint density at radius 1 is 1.39 bits per heavy atom. The zero-order chi connectivity index (χ0) is 13.2. The van der Waals surface area contributed by atoms with Gasteiger partial charge in [-0.2, -0.15) is 15.4 Å².